The molecule has 0 heterocycles. The van der Waals surface area contributed by atoms with Gasteiger partial charge in [0.15, 0.2) is 0 Å². The number of anilines is 1. The average Bonchev–Trinajstić information content (AvgIpc) is 3.06. The van der Waals surface area contributed by atoms with Crippen LogP contribution in [0.25, 0.3) is 0 Å². The Morgan fingerprint density at radius 3 is 2.13 bits per heavy atom. The molecule has 0 spiro atoms. The van der Waals surface area contributed by atoms with E-state index in [9.17, 15) is 18.0 Å². The van der Waals surface area contributed by atoms with Gasteiger partial charge in [-0.3, -0.25) is 13.9 Å². The number of methoxy groups -OCH3 is 1. The Morgan fingerprint density at radius 1 is 0.848 bits per heavy atom. The number of benzene rings is 4. The number of aryl methyl sites for hydroxylation is 2. The van der Waals surface area contributed by atoms with Crippen LogP contribution in [-0.2, 0) is 32.6 Å². The first-order valence-electron chi connectivity index (χ1n) is 15.4. The average molecular weight is 642 g/mol. The van der Waals surface area contributed by atoms with Crippen molar-refractivity contribution in [2.45, 2.75) is 64.1 Å². The van der Waals surface area contributed by atoms with E-state index in [0.717, 1.165) is 21.0 Å². The molecule has 4 aromatic rings. The van der Waals surface area contributed by atoms with E-state index in [1.165, 1.54) is 17.0 Å². The van der Waals surface area contributed by atoms with Crippen LogP contribution >= 0.6 is 0 Å². The van der Waals surface area contributed by atoms with Crippen LogP contribution in [0.3, 0.4) is 0 Å². The zero-order valence-corrected chi connectivity index (χ0v) is 28.0. The molecule has 0 saturated carbocycles. The molecule has 0 bridgehead atoms. The third-order valence-corrected chi connectivity index (χ3v) is 9.76. The summed E-state index contributed by atoms with van der Waals surface area (Å²) in [6.45, 7) is 7.21. The van der Waals surface area contributed by atoms with E-state index in [1.807, 2.05) is 88.4 Å². The van der Waals surface area contributed by atoms with E-state index in [2.05, 4.69) is 5.32 Å². The van der Waals surface area contributed by atoms with Crippen LogP contribution in [0.5, 0.6) is 5.75 Å². The molecule has 2 amide bonds. The Kier molecular flexibility index (Phi) is 11.6. The molecule has 0 aliphatic rings. The van der Waals surface area contributed by atoms with Crippen molar-refractivity contribution in [1.82, 2.24) is 10.2 Å². The van der Waals surface area contributed by atoms with Gasteiger partial charge in [0.25, 0.3) is 10.0 Å². The summed E-state index contributed by atoms with van der Waals surface area (Å²) in [4.78, 5) is 30.2. The third kappa shape index (κ3) is 8.54. The van der Waals surface area contributed by atoms with Gasteiger partial charge < -0.3 is 15.0 Å². The first-order valence-corrected chi connectivity index (χ1v) is 16.9. The van der Waals surface area contributed by atoms with Crippen LogP contribution in [-0.4, -0.2) is 50.9 Å². The highest BCUT2D eigenvalue weighted by molar-refractivity contribution is 7.92. The highest BCUT2D eigenvalue weighted by Gasteiger charge is 2.35. The Hall–Kier alpha value is -4.63. The number of ether oxygens (including phenoxy) is 1. The second-order valence-corrected chi connectivity index (χ2v) is 13.4. The quantitative estimate of drug-likeness (QED) is 0.181. The summed E-state index contributed by atoms with van der Waals surface area (Å²) in [7, 11) is -2.60. The summed E-state index contributed by atoms with van der Waals surface area (Å²) in [5.74, 6) is -0.210. The van der Waals surface area contributed by atoms with Gasteiger partial charge in [-0.15, -0.1) is 0 Å². The van der Waals surface area contributed by atoms with Crippen molar-refractivity contribution in [3.05, 3.63) is 125 Å². The van der Waals surface area contributed by atoms with E-state index in [4.69, 9.17) is 4.74 Å². The summed E-state index contributed by atoms with van der Waals surface area (Å²) in [6.07, 6.45) is 0.956. The maximum absolute atomic E-state index is 14.6. The van der Waals surface area contributed by atoms with Crippen molar-refractivity contribution in [3.63, 3.8) is 0 Å². The summed E-state index contributed by atoms with van der Waals surface area (Å²) in [5, 5.41) is 3.06. The van der Waals surface area contributed by atoms with Crippen molar-refractivity contribution < 1.29 is 22.7 Å². The van der Waals surface area contributed by atoms with Gasteiger partial charge in [0.05, 0.1) is 17.7 Å². The normalized spacial score (nSPS) is 12.5. The Morgan fingerprint density at radius 2 is 1.50 bits per heavy atom. The molecule has 4 rings (SSSR count). The van der Waals surface area contributed by atoms with Crippen molar-refractivity contribution in [1.29, 1.82) is 0 Å². The number of rotatable bonds is 14. The maximum atomic E-state index is 14.6. The molecule has 2 atom stereocenters. The number of amides is 2. The lowest BCUT2D eigenvalue weighted by Gasteiger charge is -2.34. The second-order valence-electron chi connectivity index (χ2n) is 11.5. The standard InChI is InChI=1S/C37H43N3O5S/c1-6-29(4)38-37(42)35(24-30-14-9-7-10-15-30)39(25-31-16-13-17-32(23-31)45-5)36(41)26-40(34-21-20-27(2)22-28(34)3)46(43,44)33-18-11-8-12-19-33/h7-23,29,35H,6,24-26H2,1-5H3,(H,38,42)/t29-,35+/m1/s1. The molecule has 242 valence electrons. The van der Waals surface area contributed by atoms with Crippen molar-refractivity contribution in [2.24, 2.45) is 0 Å². The monoisotopic (exact) mass is 641 g/mol. The second kappa shape index (κ2) is 15.6. The van der Waals surface area contributed by atoms with Gasteiger partial charge >= 0.3 is 0 Å². The highest BCUT2D eigenvalue weighted by Crippen LogP contribution is 2.29. The van der Waals surface area contributed by atoms with Gasteiger partial charge in [0.1, 0.15) is 18.3 Å². The van der Waals surface area contributed by atoms with Crippen molar-refractivity contribution >= 4 is 27.5 Å². The molecular formula is C37H43N3O5S. The molecule has 4 aromatic carbocycles. The Bertz CT molecular complexity index is 1730. The number of hydrogen-bond donors (Lipinski definition) is 1. The number of nitrogens with one attached hydrogen (secondary N) is 1. The van der Waals surface area contributed by atoms with Crippen LogP contribution in [0, 0.1) is 13.8 Å². The number of carbonyl (C=O) groups is 2. The molecule has 0 saturated heterocycles. The van der Waals surface area contributed by atoms with Gasteiger partial charge in [-0.05, 0) is 74.2 Å². The van der Waals surface area contributed by atoms with Crippen LogP contribution in [0.2, 0.25) is 0 Å². The van der Waals surface area contributed by atoms with Crippen LogP contribution in [0.4, 0.5) is 5.69 Å². The SMILES string of the molecule is CC[C@@H](C)NC(=O)[C@H](Cc1ccccc1)N(Cc1cccc(OC)c1)C(=O)CN(c1ccc(C)cc1C)S(=O)(=O)c1ccccc1. The molecule has 0 fully saturated rings. The minimum Gasteiger partial charge on any atom is -0.497 e. The van der Waals surface area contributed by atoms with Crippen LogP contribution < -0.4 is 14.4 Å². The first kappa shape index (κ1) is 34.2. The summed E-state index contributed by atoms with van der Waals surface area (Å²) in [5.41, 5.74) is 3.69. The van der Waals surface area contributed by atoms with E-state index >= 15 is 0 Å². The van der Waals surface area contributed by atoms with E-state index in [1.54, 1.807) is 37.4 Å². The van der Waals surface area contributed by atoms with E-state index in [0.29, 0.717) is 23.4 Å². The predicted octanol–water partition coefficient (Wildman–Crippen LogP) is 6.06. The molecule has 0 aromatic heterocycles. The van der Waals surface area contributed by atoms with Gasteiger partial charge in [-0.1, -0.05) is 85.3 Å². The molecule has 0 aliphatic carbocycles. The Balaban J connectivity index is 1.83. The zero-order valence-electron chi connectivity index (χ0n) is 27.1. The molecule has 1 N–H and O–H groups in total. The van der Waals surface area contributed by atoms with Gasteiger partial charge in [-0.2, -0.15) is 0 Å². The lowest BCUT2D eigenvalue weighted by molar-refractivity contribution is -0.140. The number of nitrogens with zero attached hydrogens (tertiary/aromatic N) is 2. The topological polar surface area (TPSA) is 96.0 Å². The lowest BCUT2D eigenvalue weighted by atomic mass is 10.0. The van der Waals surface area contributed by atoms with Crippen molar-refractivity contribution in [3.8, 4) is 5.75 Å². The van der Waals surface area contributed by atoms with Crippen molar-refractivity contribution in [2.75, 3.05) is 18.0 Å². The largest absolute Gasteiger partial charge is 0.497 e. The molecule has 46 heavy (non-hydrogen) atoms. The molecule has 8 nitrogen and oxygen atoms in total. The van der Waals surface area contributed by atoms with Crippen LogP contribution in [0.15, 0.2) is 108 Å². The molecule has 9 heteroatoms. The summed E-state index contributed by atoms with van der Waals surface area (Å²) < 4.78 is 35.0. The zero-order chi connectivity index (χ0) is 33.3. The van der Waals surface area contributed by atoms with Gasteiger partial charge in [0.2, 0.25) is 11.8 Å². The lowest BCUT2D eigenvalue weighted by Crippen LogP contribution is -2.54. The maximum Gasteiger partial charge on any atom is 0.264 e. The number of hydrogen-bond acceptors (Lipinski definition) is 5. The molecule has 0 aliphatic heterocycles. The molecule has 0 unspecified atom stereocenters. The predicted molar refractivity (Wildman–Crippen MR) is 182 cm³/mol. The van der Waals surface area contributed by atoms with Crippen LogP contribution in [0.1, 0.15) is 42.5 Å². The summed E-state index contributed by atoms with van der Waals surface area (Å²) in [6, 6.07) is 29.3. The summed E-state index contributed by atoms with van der Waals surface area (Å²) >= 11 is 0. The third-order valence-electron chi connectivity index (χ3n) is 7.99. The fraction of sp³-hybridized carbons (Fsp3) is 0.297. The Labute approximate surface area is 273 Å². The highest BCUT2D eigenvalue weighted by atomic mass is 32.2. The fourth-order valence-electron chi connectivity index (χ4n) is 5.28. The van der Waals surface area contributed by atoms with E-state index < -0.39 is 28.5 Å². The molecule has 0 radical (unpaired) electrons. The number of sulfonamides is 1. The smallest absolute Gasteiger partial charge is 0.264 e. The van der Waals surface area contributed by atoms with Gasteiger partial charge in [0, 0.05) is 19.0 Å². The molecular weight excluding hydrogens is 598 g/mol. The van der Waals surface area contributed by atoms with E-state index in [-0.39, 0.29) is 29.8 Å². The number of carbonyl (C=O) groups excluding carboxylic acids is 2. The van der Waals surface area contributed by atoms with Gasteiger partial charge in [-0.25, -0.2) is 8.42 Å². The fourth-order valence-corrected chi connectivity index (χ4v) is 6.78. The minimum absolute atomic E-state index is 0.0631. The minimum atomic E-state index is -4.16. The first-order chi connectivity index (χ1) is 22.0.